The number of fused-ring (bicyclic) bond motifs is 1. The van der Waals surface area contributed by atoms with Crippen molar-refractivity contribution in [1.82, 2.24) is 15.1 Å². The summed E-state index contributed by atoms with van der Waals surface area (Å²) in [6.45, 7) is 16.7. The molecule has 0 aromatic heterocycles. The minimum absolute atomic E-state index is 0.586. The van der Waals surface area contributed by atoms with Crippen LogP contribution in [0.15, 0.2) is 0 Å². The fraction of sp³-hybridized carbons (Fsp3) is 1.00. The zero-order valence-corrected chi connectivity index (χ0v) is 14.2. The second-order valence-electron chi connectivity index (χ2n) is 7.56. The van der Waals surface area contributed by atoms with Gasteiger partial charge in [-0.3, -0.25) is 9.80 Å². The van der Waals surface area contributed by atoms with Crippen molar-refractivity contribution in [3.05, 3.63) is 0 Å². The zero-order valence-electron chi connectivity index (χ0n) is 14.2. The Labute approximate surface area is 126 Å². The summed E-state index contributed by atoms with van der Waals surface area (Å²) in [5, 5.41) is 3.66. The first kappa shape index (κ1) is 16.3. The van der Waals surface area contributed by atoms with E-state index in [9.17, 15) is 0 Å². The van der Waals surface area contributed by atoms with Gasteiger partial charge in [0.05, 0.1) is 0 Å². The molecule has 2 aliphatic heterocycles. The van der Waals surface area contributed by atoms with Crippen molar-refractivity contribution in [3.63, 3.8) is 0 Å². The van der Waals surface area contributed by atoms with Gasteiger partial charge in [-0.15, -0.1) is 0 Å². The summed E-state index contributed by atoms with van der Waals surface area (Å²) >= 11 is 0. The van der Waals surface area contributed by atoms with E-state index in [0.29, 0.717) is 18.1 Å². The molecule has 3 atom stereocenters. The maximum Gasteiger partial charge on any atom is 0.0247 e. The third kappa shape index (κ3) is 3.96. The van der Waals surface area contributed by atoms with Crippen LogP contribution in [0.1, 0.15) is 53.9 Å². The molecule has 0 aromatic rings. The maximum atomic E-state index is 3.66. The molecule has 2 fully saturated rings. The Morgan fingerprint density at radius 2 is 1.85 bits per heavy atom. The van der Waals surface area contributed by atoms with Crippen LogP contribution in [0.25, 0.3) is 0 Å². The number of piperazine rings is 1. The van der Waals surface area contributed by atoms with Gasteiger partial charge in [0.25, 0.3) is 0 Å². The highest BCUT2D eigenvalue weighted by Gasteiger charge is 2.36. The van der Waals surface area contributed by atoms with Crippen LogP contribution in [0.4, 0.5) is 0 Å². The van der Waals surface area contributed by atoms with E-state index in [1.54, 1.807) is 0 Å². The van der Waals surface area contributed by atoms with Gasteiger partial charge in [-0.25, -0.2) is 0 Å². The summed E-state index contributed by atoms with van der Waals surface area (Å²) in [5.74, 6) is 0.721. The maximum absolute atomic E-state index is 3.66. The van der Waals surface area contributed by atoms with Crippen LogP contribution in [0.2, 0.25) is 0 Å². The molecule has 0 aromatic carbocycles. The van der Waals surface area contributed by atoms with Gasteiger partial charge < -0.3 is 5.32 Å². The van der Waals surface area contributed by atoms with Crippen molar-refractivity contribution in [3.8, 4) is 0 Å². The Hall–Kier alpha value is -0.120. The van der Waals surface area contributed by atoms with Crippen LogP contribution in [0.3, 0.4) is 0 Å². The third-order valence-electron chi connectivity index (χ3n) is 5.17. The number of nitrogens with zero attached hydrogens (tertiary/aromatic N) is 2. The van der Waals surface area contributed by atoms with Crippen LogP contribution < -0.4 is 5.32 Å². The Balaban J connectivity index is 1.99. The molecule has 0 spiro atoms. The molecule has 0 saturated carbocycles. The van der Waals surface area contributed by atoms with E-state index in [1.165, 1.54) is 38.9 Å². The molecular formula is C17H35N3. The van der Waals surface area contributed by atoms with E-state index in [-0.39, 0.29) is 0 Å². The van der Waals surface area contributed by atoms with Crippen molar-refractivity contribution < 1.29 is 0 Å². The standard InChI is InChI=1S/C17H35N3/c1-13(2)17(10-18-14(3)4)20-12-16-8-6-7-9-19(16)11-15(20)5/h13-18H,6-12H2,1-5H3. The van der Waals surface area contributed by atoms with E-state index in [4.69, 9.17) is 0 Å². The lowest BCUT2D eigenvalue weighted by Gasteiger charge is -2.51. The van der Waals surface area contributed by atoms with Crippen molar-refractivity contribution in [1.29, 1.82) is 0 Å². The molecule has 2 aliphatic rings. The summed E-state index contributed by atoms with van der Waals surface area (Å²) < 4.78 is 0. The predicted molar refractivity (Wildman–Crippen MR) is 87.1 cm³/mol. The topological polar surface area (TPSA) is 18.5 Å². The lowest BCUT2D eigenvalue weighted by atomic mass is 9.93. The number of rotatable bonds is 5. The Kier molecular flexibility index (Phi) is 5.88. The molecule has 2 rings (SSSR count). The quantitative estimate of drug-likeness (QED) is 0.835. The van der Waals surface area contributed by atoms with Gasteiger partial charge in [-0.2, -0.15) is 0 Å². The smallest absolute Gasteiger partial charge is 0.0247 e. The second-order valence-corrected chi connectivity index (χ2v) is 7.56. The van der Waals surface area contributed by atoms with Gasteiger partial charge in [0.1, 0.15) is 0 Å². The first-order valence-electron chi connectivity index (χ1n) is 8.72. The monoisotopic (exact) mass is 281 g/mol. The Morgan fingerprint density at radius 1 is 1.10 bits per heavy atom. The molecule has 0 radical (unpaired) electrons. The lowest BCUT2D eigenvalue weighted by molar-refractivity contribution is -0.0183. The normalized spacial score (nSPS) is 30.8. The molecule has 118 valence electrons. The summed E-state index contributed by atoms with van der Waals surface area (Å²) in [5.41, 5.74) is 0. The van der Waals surface area contributed by atoms with E-state index in [1.807, 2.05) is 0 Å². The SMILES string of the molecule is CC(C)NCC(C(C)C)N1CC2CCCCN2CC1C. The van der Waals surface area contributed by atoms with Crippen molar-refractivity contribution in [2.45, 2.75) is 78.0 Å². The third-order valence-corrected chi connectivity index (χ3v) is 5.17. The van der Waals surface area contributed by atoms with Crippen LogP contribution in [-0.4, -0.2) is 60.1 Å². The molecule has 3 nitrogen and oxygen atoms in total. The summed E-state index contributed by atoms with van der Waals surface area (Å²) in [7, 11) is 0. The fourth-order valence-electron chi connectivity index (χ4n) is 3.93. The number of nitrogens with one attached hydrogen (secondary N) is 1. The molecule has 2 heterocycles. The van der Waals surface area contributed by atoms with Gasteiger partial charge in [-0.05, 0) is 32.2 Å². The molecular weight excluding hydrogens is 246 g/mol. The first-order chi connectivity index (χ1) is 9.49. The number of piperidine rings is 1. The van der Waals surface area contributed by atoms with Crippen LogP contribution >= 0.6 is 0 Å². The summed E-state index contributed by atoms with van der Waals surface area (Å²) in [6, 6.07) is 2.78. The Morgan fingerprint density at radius 3 is 2.50 bits per heavy atom. The van der Waals surface area contributed by atoms with E-state index >= 15 is 0 Å². The van der Waals surface area contributed by atoms with E-state index < -0.39 is 0 Å². The average molecular weight is 281 g/mol. The molecule has 2 saturated heterocycles. The second kappa shape index (κ2) is 7.24. The van der Waals surface area contributed by atoms with Gasteiger partial charge in [0.15, 0.2) is 0 Å². The molecule has 20 heavy (non-hydrogen) atoms. The van der Waals surface area contributed by atoms with Crippen LogP contribution in [0, 0.1) is 5.92 Å². The number of hydrogen-bond acceptors (Lipinski definition) is 3. The highest BCUT2D eigenvalue weighted by Crippen LogP contribution is 2.27. The molecule has 0 bridgehead atoms. The largest absolute Gasteiger partial charge is 0.313 e. The number of hydrogen-bond donors (Lipinski definition) is 1. The van der Waals surface area contributed by atoms with E-state index in [2.05, 4.69) is 49.7 Å². The highest BCUT2D eigenvalue weighted by molar-refractivity contribution is 4.93. The van der Waals surface area contributed by atoms with Crippen molar-refractivity contribution in [2.24, 2.45) is 5.92 Å². The van der Waals surface area contributed by atoms with Gasteiger partial charge in [0, 0.05) is 43.8 Å². The molecule has 3 unspecified atom stereocenters. The van der Waals surface area contributed by atoms with Gasteiger partial charge in [0.2, 0.25) is 0 Å². The van der Waals surface area contributed by atoms with Crippen LogP contribution in [-0.2, 0) is 0 Å². The fourth-order valence-corrected chi connectivity index (χ4v) is 3.93. The first-order valence-corrected chi connectivity index (χ1v) is 8.72. The lowest BCUT2D eigenvalue weighted by Crippen LogP contribution is -2.63. The molecule has 1 N–H and O–H groups in total. The van der Waals surface area contributed by atoms with Crippen molar-refractivity contribution in [2.75, 3.05) is 26.2 Å². The molecule has 3 heteroatoms. The Bertz CT molecular complexity index is 290. The summed E-state index contributed by atoms with van der Waals surface area (Å²) in [6.07, 6.45) is 4.25. The average Bonchev–Trinajstić information content (AvgIpc) is 2.38. The molecule has 0 aliphatic carbocycles. The van der Waals surface area contributed by atoms with Crippen LogP contribution in [0.5, 0.6) is 0 Å². The van der Waals surface area contributed by atoms with Gasteiger partial charge in [-0.1, -0.05) is 34.1 Å². The molecule has 0 amide bonds. The summed E-state index contributed by atoms with van der Waals surface area (Å²) in [4.78, 5) is 5.55. The predicted octanol–water partition coefficient (Wildman–Crippen LogP) is 2.57. The minimum Gasteiger partial charge on any atom is -0.313 e. The van der Waals surface area contributed by atoms with E-state index in [0.717, 1.165) is 18.5 Å². The van der Waals surface area contributed by atoms with Gasteiger partial charge >= 0.3 is 0 Å². The highest BCUT2D eigenvalue weighted by atomic mass is 15.3. The zero-order chi connectivity index (χ0) is 14.7. The minimum atomic E-state index is 0.586. The van der Waals surface area contributed by atoms with Crippen molar-refractivity contribution >= 4 is 0 Å².